The molecule has 0 atom stereocenters. The fourth-order valence-corrected chi connectivity index (χ4v) is 1.59. The van der Waals surface area contributed by atoms with E-state index in [4.69, 9.17) is 0 Å². The second kappa shape index (κ2) is 6.52. The smallest absolute Gasteiger partial charge is 0.385 e. The molecule has 0 aliphatic heterocycles. The van der Waals surface area contributed by atoms with Crippen molar-refractivity contribution in [2.75, 3.05) is 11.9 Å². The molecule has 0 aliphatic carbocycles. The van der Waals surface area contributed by atoms with E-state index >= 15 is 0 Å². The molecular formula is C13H18F3N. The quantitative estimate of drug-likeness (QED) is 0.716. The van der Waals surface area contributed by atoms with Gasteiger partial charge in [0.2, 0.25) is 0 Å². The van der Waals surface area contributed by atoms with Crippen LogP contribution in [0.3, 0.4) is 0 Å². The van der Waals surface area contributed by atoms with Crippen LogP contribution in [0.4, 0.5) is 18.9 Å². The predicted octanol–water partition coefficient (Wildman–Crippen LogP) is 4.70. The molecular weight excluding hydrogens is 227 g/mol. The summed E-state index contributed by atoms with van der Waals surface area (Å²) in [6, 6.07) is 5.33. The fraction of sp³-hybridized carbons (Fsp3) is 0.538. The van der Waals surface area contributed by atoms with Crippen LogP contribution in [0, 0.1) is 0 Å². The molecule has 4 heteroatoms. The van der Waals surface area contributed by atoms with Crippen molar-refractivity contribution in [3.63, 3.8) is 0 Å². The van der Waals surface area contributed by atoms with Gasteiger partial charge in [0.15, 0.2) is 0 Å². The van der Waals surface area contributed by atoms with Gasteiger partial charge in [0.1, 0.15) is 0 Å². The van der Waals surface area contributed by atoms with Crippen LogP contribution in [0.15, 0.2) is 24.3 Å². The van der Waals surface area contributed by atoms with Crippen molar-refractivity contribution in [3.05, 3.63) is 29.8 Å². The minimum absolute atomic E-state index is 0.538. The summed E-state index contributed by atoms with van der Waals surface area (Å²) in [5, 5.41) is 3.02. The Kier molecular flexibility index (Phi) is 5.32. The lowest BCUT2D eigenvalue weighted by Crippen LogP contribution is -2.07. The molecule has 0 aromatic heterocycles. The first-order chi connectivity index (χ1) is 8.04. The number of alkyl halides is 3. The average molecular weight is 245 g/mol. The summed E-state index contributed by atoms with van der Waals surface area (Å²) >= 11 is 0. The molecule has 0 saturated carbocycles. The second-order valence-corrected chi connectivity index (χ2v) is 4.07. The van der Waals surface area contributed by atoms with E-state index in [-0.39, 0.29) is 0 Å². The first-order valence-corrected chi connectivity index (χ1v) is 5.95. The van der Waals surface area contributed by atoms with E-state index in [2.05, 4.69) is 12.2 Å². The number of anilines is 1. The van der Waals surface area contributed by atoms with Crippen LogP contribution in [0.1, 0.15) is 38.2 Å². The first-order valence-electron chi connectivity index (χ1n) is 5.95. The second-order valence-electron chi connectivity index (χ2n) is 4.07. The molecule has 1 aromatic rings. The Labute approximate surface area is 100 Å². The molecule has 96 valence electrons. The van der Waals surface area contributed by atoms with Crippen molar-refractivity contribution in [2.45, 2.75) is 38.8 Å². The van der Waals surface area contributed by atoms with Gasteiger partial charge < -0.3 is 5.32 Å². The lowest BCUT2D eigenvalue weighted by atomic mass is 10.2. The number of halogens is 3. The van der Waals surface area contributed by atoms with Gasteiger partial charge in [-0.15, -0.1) is 0 Å². The summed E-state index contributed by atoms with van der Waals surface area (Å²) in [7, 11) is 0. The van der Waals surface area contributed by atoms with E-state index in [1.54, 1.807) is 6.07 Å². The molecule has 0 heterocycles. The normalized spacial score (nSPS) is 11.5. The molecule has 1 rings (SSSR count). The third-order valence-electron chi connectivity index (χ3n) is 2.55. The van der Waals surface area contributed by atoms with Crippen molar-refractivity contribution in [2.24, 2.45) is 0 Å². The molecule has 1 N–H and O–H groups in total. The summed E-state index contributed by atoms with van der Waals surface area (Å²) in [4.78, 5) is 0. The minimum atomic E-state index is -4.26. The zero-order valence-corrected chi connectivity index (χ0v) is 9.98. The molecule has 0 radical (unpaired) electrons. The molecule has 1 nitrogen and oxygen atoms in total. The molecule has 0 amide bonds. The van der Waals surface area contributed by atoms with E-state index in [0.717, 1.165) is 37.9 Å². The predicted molar refractivity (Wildman–Crippen MR) is 64.1 cm³/mol. The Balaban J connectivity index is 2.44. The van der Waals surface area contributed by atoms with Crippen LogP contribution < -0.4 is 5.32 Å². The molecule has 0 fully saturated rings. The Morgan fingerprint density at radius 3 is 2.53 bits per heavy atom. The zero-order chi connectivity index (χ0) is 12.7. The van der Waals surface area contributed by atoms with Gasteiger partial charge in [-0.2, -0.15) is 13.2 Å². The number of hydrogen-bond acceptors (Lipinski definition) is 1. The maximum Gasteiger partial charge on any atom is 0.416 e. The van der Waals surface area contributed by atoms with E-state index in [1.165, 1.54) is 12.5 Å². The Bertz CT molecular complexity index is 334. The zero-order valence-electron chi connectivity index (χ0n) is 9.98. The summed E-state index contributed by atoms with van der Waals surface area (Å²) in [5.41, 5.74) is -0.0626. The van der Waals surface area contributed by atoms with E-state index in [9.17, 15) is 13.2 Å². The summed E-state index contributed by atoms with van der Waals surface area (Å²) in [6.45, 7) is 2.85. The minimum Gasteiger partial charge on any atom is -0.385 e. The lowest BCUT2D eigenvalue weighted by molar-refractivity contribution is -0.137. The topological polar surface area (TPSA) is 12.0 Å². The number of nitrogens with one attached hydrogen (secondary N) is 1. The molecule has 0 spiro atoms. The molecule has 0 saturated heterocycles. The first kappa shape index (κ1) is 13.9. The third-order valence-corrected chi connectivity index (χ3v) is 2.55. The summed E-state index contributed by atoms with van der Waals surface area (Å²) in [5.74, 6) is 0. The highest BCUT2D eigenvalue weighted by atomic mass is 19.4. The van der Waals surface area contributed by atoms with Crippen molar-refractivity contribution >= 4 is 5.69 Å². The third kappa shape index (κ3) is 5.11. The molecule has 17 heavy (non-hydrogen) atoms. The van der Waals surface area contributed by atoms with Gasteiger partial charge in [0.25, 0.3) is 0 Å². The van der Waals surface area contributed by atoms with E-state index in [0.29, 0.717) is 5.69 Å². The fourth-order valence-electron chi connectivity index (χ4n) is 1.59. The molecule has 1 aromatic carbocycles. The average Bonchev–Trinajstić information content (AvgIpc) is 2.28. The number of unbranched alkanes of at least 4 members (excludes halogenated alkanes) is 3. The van der Waals surface area contributed by atoms with Gasteiger partial charge in [-0.1, -0.05) is 32.3 Å². The maximum absolute atomic E-state index is 12.4. The van der Waals surface area contributed by atoms with Crippen LogP contribution >= 0.6 is 0 Å². The molecule has 0 aliphatic rings. The van der Waals surface area contributed by atoms with Crippen LogP contribution in [0.5, 0.6) is 0 Å². The Morgan fingerprint density at radius 1 is 1.12 bits per heavy atom. The van der Waals surface area contributed by atoms with E-state index < -0.39 is 11.7 Å². The van der Waals surface area contributed by atoms with E-state index in [1.807, 2.05) is 0 Å². The summed E-state index contributed by atoms with van der Waals surface area (Å²) in [6.07, 6.45) is 0.167. The van der Waals surface area contributed by atoms with Crippen molar-refractivity contribution in [3.8, 4) is 0 Å². The van der Waals surface area contributed by atoms with Gasteiger partial charge in [0.05, 0.1) is 5.56 Å². The van der Waals surface area contributed by atoms with Crippen molar-refractivity contribution < 1.29 is 13.2 Å². The highest BCUT2D eigenvalue weighted by Gasteiger charge is 2.30. The van der Waals surface area contributed by atoms with Gasteiger partial charge in [-0.3, -0.25) is 0 Å². The van der Waals surface area contributed by atoms with Crippen LogP contribution in [0.2, 0.25) is 0 Å². The monoisotopic (exact) mass is 245 g/mol. The lowest BCUT2D eigenvalue weighted by Gasteiger charge is -2.10. The molecule has 0 bridgehead atoms. The van der Waals surface area contributed by atoms with Crippen LogP contribution in [0.25, 0.3) is 0 Å². The van der Waals surface area contributed by atoms with Crippen molar-refractivity contribution in [1.29, 1.82) is 0 Å². The maximum atomic E-state index is 12.4. The van der Waals surface area contributed by atoms with Crippen LogP contribution in [-0.4, -0.2) is 6.54 Å². The highest BCUT2D eigenvalue weighted by molar-refractivity contribution is 5.46. The van der Waals surface area contributed by atoms with Gasteiger partial charge in [-0.25, -0.2) is 0 Å². The standard InChI is InChI=1S/C13H18F3N/c1-2-3-4-5-9-17-12-8-6-7-11(10-12)13(14,15)16/h6-8,10,17H,2-5,9H2,1H3. The SMILES string of the molecule is CCCCCCNc1cccc(C(F)(F)F)c1. The summed E-state index contributed by atoms with van der Waals surface area (Å²) < 4.78 is 37.3. The highest BCUT2D eigenvalue weighted by Crippen LogP contribution is 2.30. The van der Waals surface area contributed by atoms with Crippen molar-refractivity contribution in [1.82, 2.24) is 0 Å². The molecule has 0 unspecified atom stereocenters. The van der Waals surface area contributed by atoms with Gasteiger partial charge >= 0.3 is 6.18 Å². The number of hydrogen-bond donors (Lipinski definition) is 1. The largest absolute Gasteiger partial charge is 0.416 e. The Morgan fingerprint density at radius 2 is 1.88 bits per heavy atom. The van der Waals surface area contributed by atoms with Crippen LogP contribution in [-0.2, 0) is 6.18 Å². The van der Waals surface area contributed by atoms with Gasteiger partial charge in [-0.05, 0) is 24.6 Å². The Hall–Kier alpha value is -1.19. The van der Waals surface area contributed by atoms with Gasteiger partial charge in [0, 0.05) is 12.2 Å². The number of rotatable bonds is 6. The number of benzene rings is 1.